The number of carbonyl (C=O) groups is 1. The number of ether oxygens (including phenoxy) is 1. The van der Waals surface area contributed by atoms with Gasteiger partial charge in [0, 0.05) is 50.1 Å². The van der Waals surface area contributed by atoms with Gasteiger partial charge < -0.3 is 24.2 Å². The number of amides is 1. The second-order valence-corrected chi connectivity index (χ2v) is 9.76. The van der Waals surface area contributed by atoms with Crippen molar-refractivity contribution in [3.05, 3.63) is 24.2 Å². The number of aromatic nitrogens is 2. The Hall–Kier alpha value is -2.17. The molecule has 9 nitrogen and oxygen atoms in total. The highest BCUT2D eigenvalue weighted by molar-refractivity contribution is 6.99. The van der Waals surface area contributed by atoms with Crippen LogP contribution in [0.1, 0.15) is 51.1 Å². The maximum atomic E-state index is 12.5. The minimum Gasteiger partial charge on any atom is -0.471 e. The average molecular weight is 436 g/mol. The third-order valence-electron chi connectivity index (χ3n) is 5.92. The first-order valence-corrected chi connectivity index (χ1v) is 11.0. The van der Waals surface area contributed by atoms with Crippen LogP contribution in [0.4, 0.5) is 5.82 Å². The maximum Gasteiger partial charge on any atom is 0.289 e. The van der Waals surface area contributed by atoms with Gasteiger partial charge in [-0.2, -0.15) is 9.44 Å². The van der Waals surface area contributed by atoms with Crippen molar-refractivity contribution in [3.8, 4) is 5.88 Å². The summed E-state index contributed by atoms with van der Waals surface area (Å²) in [7, 11) is 0. The van der Waals surface area contributed by atoms with Crippen LogP contribution in [0.15, 0.2) is 22.8 Å². The summed E-state index contributed by atoms with van der Waals surface area (Å²) in [6.07, 6.45) is 2.82. The third kappa shape index (κ3) is 4.03. The number of hydrogen-bond donors (Lipinski definition) is 1. The summed E-state index contributed by atoms with van der Waals surface area (Å²) in [5.41, 5.74) is -0.790. The highest BCUT2D eigenvalue weighted by Gasteiger charge is 2.46. The van der Waals surface area contributed by atoms with Gasteiger partial charge in [-0.15, -0.1) is 4.37 Å². The molecule has 30 heavy (non-hydrogen) atoms. The number of anilines is 1. The van der Waals surface area contributed by atoms with Gasteiger partial charge in [0.05, 0.1) is 18.0 Å². The van der Waals surface area contributed by atoms with Crippen LogP contribution in [0.3, 0.4) is 0 Å². The fraction of sp³-hybridized carbons (Fsp3) is 0.650. The first-order chi connectivity index (χ1) is 14.2. The molecular weight excluding hydrogens is 406 g/mol. The molecule has 2 aliphatic heterocycles. The van der Waals surface area contributed by atoms with E-state index in [0.717, 1.165) is 17.5 Å². The molecule has 0 radical (unpaired) electrons. The summed E-state index contributed by atoms with van der Waals surface area (Å²) in [5, 5.41) is 11.9. The van der Waals surface area contributed by atoms with E-state index in [9.17, 15) is 10.0 Å². The number of hydrogen-bond acceptors (Lipinski definition) is 9. The predicted octanol–water partition coefficient (Wildman–Crippen LogP) is 2.88. The normalized spacial score (nSPS) is 22.3. The molecule has 0 aliphatic carbocycles. The molecule has 2 saturated heterocycles. The first kappa shape index (κ1) is 21.1. The van der Waals surface area contributed by atoms with Gasteiger partial charge in [-0.05, 0) is 39.8 Å². The fourth-order valence-electron chi connectivity index (χ4n) is 4.54. The SMILES string of the molecule is CC1(C)CC(Oc2nsnc2N2CCN(C(=O)c3ccco3)CC2)CC(C)(C)N1O. The number of hydroxylamine groups is 2. The quantitative estimate of drug-likeness (QED) is 0.783. The van der Waals surface area contributed by atoms with Gasteiger partial charge in [-0.25, -0.2) is 0 Å². The molecule has 2 fully saturated rings. The van der Waals surface area contributed by atoms with Gasteiger partial charge in [0.2, 0.25) is 5.82 Å². The van der Waals surface area contributed by atoms with Crippen LogP contribution in [0, 0.1) is 0 Å². The molecule has 1 amide bonds. The molecule has 0 aromatic carbocycles. The van der Waals surface area contributed by atoms with Crippen LogP contribution in [-0.4, -0.2) is 73.2 Å². The molecule has 0 saturated carbocycles. The summed E-state index contributed by atoms with van der Waals surface area (Å²) in [5.74, 6) is 1.54. The van der Waals surface area contributed by atoms with E-state index < -0.39 is 11.1 Å². The lowest BCUT2D eigenvalue weighted by Crippen LogP contribution is -2.61. The van der Waals surface area contributed by atoms with E-state index in [0.29, 0.717) is 50.7 Å². The lowest BCUT2D eigenvalue weighted by Gasteiger charge is -2.51. The van der Waals surface area contributed by atoms with Gasteiger partial charge in [0.15, 0.2) is 5.76 Å². The van der Waals surface area contributed by atoms with E-state index in [-0.39, 0.29) is 12.0 Å². The van der Waals surface area contributed by atoms with Crippen molar-refractivity contribution in [2.45, 2.75) is 57.7 Å². The predicted molar refractivity (Wildman–Crippen MR) is 112 cm³/mol. The zero-order valence-electron chi connectivity index (χ0n) is 17.9. The van der Waals surface area contributed by atoms with Crippen molar-refractivity contribution in [2.24, 2.45) is 0 Å². The molecule has 0 bridgehead atoms. The number of nitrogens with zero attached hydrogens (tertiary/aromatic N) is 5. The Morgan fingerprint density at radius 1 is 1.17 bits per heavy atom. The van der Waals surface area contributed by atoms with E-state index in [4.69, 9.17) is 9.15 Å². The Balaban J connectivity index is 1.40. The second-order valence-electron chi connectivity index (χ2n) is 9.23. The summed E-state index contributed by atoms with van der Waals surface area (Å²) >= 11 is 1.13. The van der Waals surface area contributed by atoms with E-state index >= 15 is 0 Å². The van der Waals surface area contributed by atoms with Crippen LogP contribution in [0.2, 0.25) is 0 Å². The Kier molecular flexibility index (Phi) is 5.50. The Morgan fingerprint density at radius 3 is 2.43 bits per heavy atom. The van der Waals surface area contributed by atoms with Crippen molar-refractivity contribution in [1.29, 1.82) is 0 Å². The van der Waals surface area contributed by atoms with Crippen molar-refractivity contribution in [3.63, 3.8) is 0 Å². The zero-order chi connectivity index (χ0) is 21.5. The summed E-state index contributed by atoms with van der Waals surface area (Å²) in [6, 6.07) is 3.41. The van der Waals surface area contributed by atoms with Crippen LogP contribution >= 0.6 is 11.7 Å². The molecule has 2 aromatic heterocycles. The second kappa shape index (κ2) is 7.82. The highest BCUT2D eigenvalue weighted by atomic mass is 32.1. The topological polar surface area (TPSA) is 95.2 Å². The van der Waals surface area contributed by atoms with E-state index in [1.54, 1.807) is 17.0 Å². The lowest BCUT2D eigenvalue weighted by molar-refractivity contribution is -0.255. The number of furan rings is 1. The molecule has 0 atom stereocenters. The van der Waals surface area contributed by atoms with Gasteiger partial charge in [-0.3, -0.25) is 4.79 Å². The number of piperidine rings is 1. The van der Waals surface area contributed by atoms with Gasteiger partial charge >= 0.3 is 0 Å². The minimum absolute atomic E-state index is 0.0668. The Labute approximate surface area is 180 Å². The Morgan fingerprint density at radius 2 is 1.83 bits per heavy atom. The average Bonchev–Trinajstić information content (AvgIpc) is 3.37. The molecule has 0 spiro atoms. The fourth-order valence-corrected chi connectivity index (χ4v) is 5.05. The standard InChI is InChI=1S/C20H29N5O4S/c1-19(2)12-14(13-20(3,4)25(19)27)29-17-16(21-30-22-17)23-7-9-24(10-8-23)18(26)15-6-5-11-28-15/h5-6,11,14,27H,7-10,12-13H2,1-4H3. The van der Waals surface area contributed by atoms with E-state index in [1.807, 2.05) is 27.7 Å². The number of carbonyl (C=O) groups excluding carboxylic acids is 1. The molecular formula is C20H29N5O4S. The van der Waals surface area contributed by atoms with Crippen molar-refractivity contribution in [1.82, 2.24) is 18.7 Å². The monoisotopic (exact) mass is 435 g/mol. The minimum atomic E-state index is -0.395. The number of rotatable bonds is 4. The van der Waals surface area contributed by atoms with Crippen LogP contribution < -0.4 is 9.64 Å². The molecule has 0 unspecified atom stereocenters. The third-order valence-corrected chi connectivity index (χ3v) is 6.42. The molecule has 164 valence electrons. The van der Waals surface area contributed by atoms with Crippen molar-refractivity contribution in [2.75, 3.05) is 31.1 Å². The summed E-state index contributed by atoms with van der Waals surface area (Å²) < 4.78 is 20.4. The van der Waals surface area contributed by atoms with E-state index in [2.05, 4.69) is 13.6 Å². The number of piperazine rings is 1. The van der Waals surface area contributed by atoms with Crippen LogP contribution in [-0.2, 0) is 0 Å². The largest absolute Gasteiger partial charge is 0.471 e. The first-order valence-electron chi connectivity index (χ1n) is 10.2. The molecule has 4 rings (SSSR count). The molecule has 1 N–H and O–H groups in total. The summed E-state index contributed by atoms with van der Waals surface area (Å²) in [4.78, 5) is 16.4. The van der Waals surface area contributed by atoms with Crippen LogP contribution in [0.25, 0.3) is 0 Å². The highest BCUT2D eigenvalue weighted by Crippen LogP contribution is 2.39. The molecule has 4 heterocycles. The Bertz CT molecular complexity index is 856. The molecule has 2 aromatic rings. The smallest absolute Gasteiger partial charge is 0.289 e. The molecule has 10 heteroatoms. The van der Waals surface area contributed by atoms with Crippen LogP contribution in [0.5, 0.6) is 5.88 Å². The van der Waals surface area contributed by atoms with Gasteiger partial charge in [0.25, 0.3) is 11.8 Å². The molecule has 2 aliphatic rings. The van der Waals surface area contributed by atoms with Gasteiger partial charge in [-0.1, -0.05) is 0 Å². The van der Waals surface area contributed by atoms with E-state index in [1.165, 1.54) is 11.3 Å². The zero-order valence-corrected chi connectivity index (χ0v) is 18.7. The summed E-state index contributed by atoms with van der Waals surface area (Å²) in [6.45, 7) is 10.5. The maximum absolute atomic E-state index is 12.5. The van der Waals surface area contributed by atoms with Crippen molar-refractivity contribution >= 4 is 23.5 Å². The van der Waals surface area contributed by atoms with Gasteiger partial charge in [0.1, 0.15) is 6.10 Å². The lowest BCUT2D eigenvalue weighted by atomic mass is 9.80. The van der Waals surface area contributed by atoms with Crippen molar-refractivity contribution < 1.29 is 19.2 Å².